The van der Waals surface area contributed by atoms with Crippen LogP contribution in [0.15, 0.2) is 170 Å². The molecule has 0 aromatic carbocycles. The predicted molar refractivity (Wildman–Crippen MR) is 426 cm³/mol. The fourth-order valence-electron chi connectivity index (χ4n) is 9.83. The Labute approximate surface area is 629 Å². The molecule has 0 aliphatic heterocycles. The maximum atomic E-state index is 13.1. The van der Waals surface area contributed by atoms with Crippen molar-refractivity contribution < 1.29 is 80.2 Å². The Hall–Kier alpha value is -5.58. The lowest BCUT2D eigenvalue weighted by atomic mass is 10.1. The summed E-state index contributed by atoms with van der Waals surface area (Å²) in [5.41, 5.74) is 0. The fourth-order valence-corrected chi connectivity index (χ4v) is 11.4. The molecule has 0 aliphatic carbocycles. The quantitative estimate of drug-likeness (QED) is 0.0169. The van der Waals surface area contributed by atoms with Gasteiger partial charge in [-0.3, -0.25) is 37.3 Å². The minimum absolute atomic E-state index is 0.0569. The summed E-state index contributed by atoms with van der Waals surface area (Å²) in [6, 6.07) is 0. The number of hydrogen-bond acceptors (Lipinski definition) is 15. The highest BCUT2D eigenvalue weighted by molar-refractivity contribution is 7.47. The Morgan fingerprint density at radius 3 is 0.760 bits per heavy atom. The Balaban J connectivity index is 5.46. The van der Waals surface area contributed by atoms with Gasteiger partial charge >= 0.3 is 39.5 Å². The zero-order valence-corrected chi connectivity index (χ0v) is 66.2. The first-order valence-corrected chi connectivity index (χ1v) is 42.4. The number of unbranched alkanes of at least 4 members (excludes halogenated alkanes) is 18. The topological polar surface area (TPSA) is 237 Å². The number of esters is 4. The monoisotopic (exact) mass is 1490 g/mol. The average molecular weight is 1490 g/mol. The van der Waals surface area contributed by atoms with E-state index in [9.17, 15) is 43.2 Å². The summed E-state index contributed by atoms with van der Waals surface area (Å²) < 4.78 is 68.5. The molecule has 0 heterocycles. The molecule has 19 heteroatoms. The Bertz CT molecular complexity index is 2640. The minimum atomic E-state index is -5.00. The van der Waals surface area contributed by atoms with Crippen LogP contribution in [-0.4, -0.2) is 96.7 Å². The zero-order chi connectivity index (χ0) is 76.0. The molecule has 3 N–H and O–H groups in total. The number of ether oxygens (including phenoxy) is 4. The maximum Gasteiger partial charge on any atom is 0.472 e. The van der Waals surface area contributed by atoms with E-state index in [1.807, 2.05) is 12.2 Å². The van der Waals surface area contributed by atoms with Gasteiger partial charge in [0, 0.05) is 25.7 Å². The summed E-state index contributed by atoms with van der Waals surface area (Å²) in [4.78, 5) is 73.0. The lowest BCUT2D eigenvalue weighted by Gasteiger charge is -2.21. The Kier molecular flexibility index (Phi) is 71.6. The second kappa shape index (κ2) is 75.6. The number of carbonyl (C=O) groups excluding carboxylic acids is 4. The largest absolute Gasteiger partial charge is 0.472 e. The van der Waals surface area contributed by atoms with Gasteiger partial charge in [0.15, 0.2) is 12.2 Å². The predicted octanol–water partition coefficient (Wildman–Crippen LogP) is 23.0. The van der Waals surface area contributed by atoms with Crippen LogP contribution in [0.1, 0.15) is 285 Å². The molecular formula is C85H138O17P2. The summed E-state index contributed by atoms with van der Waals surface area (Å²) in [6.07, 6.45) is 89.1. The van der Waals surface area contributed by atoms with Gasteiger partial charge in [0.25, 0.3) is 0 Å². The molecule has 0 bridgehead atoms. The molecule has 0 aliphatic rings. The average Bonchev–Trinajstić information content (AvgIpc) is 0.937. The van der Waals surface area contributed by atoms with Crippen LogP contribution in [0.5, 0.6) is 0 Å². The van der Waals surface area contributed by atoms with Crippen molar-refractivity contribution in [1.29, 1.82) is 0 Å². The second-order valence-corrected chi connectivity index (χ2v) is 28.4. The maximum absolute atomic E-state index is 13.1. The lowest BCUT2D eigenvalue weighted by molar-refractivity contribution is -0.161. The molecule has 0 saturated heterocycles. The van der Waals surface area contributed by atoms with Gasteiger partial charge in [-0.1, -0.05) is 268 Å². The number of aliphatic hydroxyl groups excluding tert-OH is 1. The third kappa shape index (κ3) is 74.7. The van der Waals surface area contributed by atoms with Crippen LogP contribution in [0.3, 0.4) is 0 Å². The lowest BCUT2D eigenvalue weighted by Crippen LogP contribution is -2.30. The Morgan fingerprint density at radius 2 is 0.481 bits per heavy atom. The van der Waals surface area contributed by atoms with Crippen LogP contribution < -0.4 is 0 Å². The number of allylic oxidation sites excluding steroid dienone is 28. The molecule has 104 heavy (non-hydrogen) atoms. The van der Waals surface area contributed by atoms with Crippen LogP contribution in [-0.2, 0) is 65.4 Å². The van der Waals surface area contributed by atoms with E-state index in [-0.39, 0.29) is 25.7 Å². The van der Waals surface area contributed by atoms with Gasteiger partial charge in [0.05, 0.1) is 26.4 Å². The van der Waals surface area contributed by atoms with Crippen molar-refractivity contribution in [1.82, 2.24) is 0 Å². The molecule has 0 saturated carbocycles. The van der Waals surface area contributed by atoms with Gasteiger partial charge in [-0.2, -0.15) is 0 Å². The first-order valence-electron chi connectivity index (χ1n) is 39.4. The zero-order valence-electron chi connectivity index (χ0n) is 64.4. The van der Waals surface area contributed by atoms with E-state index in [1.54, 1.807) is 0 Å². The van der Waals surface area contributed by atoms with Gasteiger partial charge in [-0.25, -0.2) is 9.13 Å². The van der Waals surface area contributed by atoms with Gasteiger partial charge in [0.2, 0.25) is 0 Å². The van der Waals surface area contributed by atoms with Crippen LogP contribution in [0, 0.1) is 0 Å². The molecule has 0 spiro atoms. The summed E-state index contributed by atoms with van der Waals surface area (Å²) in [7, 11) is -10.00. The molecule has 5 unspecified atom stereocenters. The Morgan fingerprint density at radius 1 is 0.269 bits per heavy atom. The summed E-state index contributed by atoms with van der Waals surface area (Å²) in [5.74, 6) is -2.30. The number of carbonyl (C=O) groups is 4. The summed E-state index contributed by atoms with van der Waals surface area (Å²) >= 11 is 0. The highest BCUT2D eigenvalue weighted by Gasteiger charge is 2.30. The second-order valence-electron chi connectivity index (χ2n) is 25.5. The van der Waals surface area contributed by atoms with Gasteiger partial charge < -0.3 is 33.8 Å². The van der Waals surface area contributed by atoms with Crippen LogP contribution in [0.2, 0.25) is 0 Å². The first-order chi connectivity index (χ1) is 50.7. The fraction of sp³-hybridized carbons (Fsp3) is 0.624. The molecule has 590 valence electrons. The van der Waals surface area contributed by atoms with E-state index in [0.29, 0.717) is 32.1 Å². The molecule has 0 radical (unpaired) electrons. The summed E-state index contributed by atoms with van der Waals surface area (Å²) in [5, 5.41) is 10.6. The molecule has 5 atom stereocenters. The standard InChI is InChI=1S/C85H138O17P2/c1-5-9-13-17-21-25-29-33-37-39-43-45-49-53-57-61-65-69-82(87)95-75-80(101-84(89)71-67-63-59-55-51-47-41-35-31-27-23-19-15-11-7-3)77-99-103(91,92)97-73-79(86)74-98-104(93,94)100-78-81(102-85(90)72-68-64-60-56-52-48-42-36-32-28-24-20-16-12-8-4)76-96-83(88)70-66-62-58-54-50-46-44-40-38-34-30-26-22-18-14-10-6-2/h9-16,21-28,33-38,41-43,45,53,57,79-81,86H,5-8,17-20,29-32,39-40,44,46-52,54-56,58-78H2,1-4H3,(H,91,92)(H,93,94)/b13-9-,14-10-,15-11-,16-12-,25-21-,26-22-,27-23-,28-24-,37-33-,38-34-,41-35-,42-36-,45-43-,57-53-. The van der Waals surface area contributed by atoms with E-state index in [0.717, 1.165) is 199 Å². The van der Waals surface area contributed by atoms with E-state index in [1.165, 1.54) is 0 Å². The van der Waals surface area contributed by atoms with Crippen molar-refractivity contribution in [3.8, 4) is 0 Å². The van der Waals surface area contributed by atoms with E-state index in [4.69, 9.17) is 37.0 Å². The summed E-state index contributed by atoms with van der Waals surface area (Å²) in [6.45, 7) is 4.30. The highest BCUT2D eigenvalue weighted by atomic mass is 31.2. The number of hydrogen-bond donors (Lipinski definition) is 3. The number of phosphoric ester groups is 2. The van der Waals surface area contributed by atoms with Crippen molar-refractivity contribution in [2.24, 2.45) is 0 Å². The van der Waals surface area contributed by atoms with Crippen LogP contribution >= 0.6 is 15.6 Å². The minimum Gasteiger partial charge on any atom is -0.462 e. The van der Waals surface area contributed by atoms with Crippen LogP contribution in [0.4, 0.5) is 0 Å². The van der Waals surface area contributed by atoms with E-state index < -0.39 is 97.5 Å². The van der Waals surface area contributed by atoms with Crippen molar-refractivity contribution in [3.63, 3.8) is 0 Å². The molecule has 17 nitrogen and oxygen atoms in total. The van der Waals surface area contributed by atoms with Crippen molar-refractivity contribution in [2.45, 2.75) is 303 Å². The van der Waals surface area contributed by atoms with E-state index in [2.05, 4.69) is 186 Å². The molecule has 0 aromatic rings. The van der Waals surface area contributed by atoms with E-state index >= 15 is 0 Å². The number of aliphatic hydroxyl groups is 1. The van der Waals surface area contributed by atoms with Gasteiger partial charge in [-0.15, -0.1) is 0 Å². The third-order valence-corrected chi connectivity index (χ3v) is 17.6. The molecule has 0 amide bonds. The van der Waals surface area contributed by atoms with Gasteiger partial charge in [0.1, 0.15) is 19.3 Å². The molecule has 0 aromatic heterocycles. The smallest absolute Gasteiger partial charge is 0.462 e. The van der Waals surface area contributed by atoms with Crippen LogP contribution in [0.25, 0.3) is 0 Å². The van der Waals surface area contributed by atoms with Crippen molar-refractivity contribution >= 4 is 39.5 Å². The highest BCUT2D eigenvalue weighted by Crippen LogP contribution is 2.45. The number of phosphoric acid groups is 2. The molecule has 0 fully saturated rings. The number of rotatable bonds is 72. The third-order valence-electron chi connectivity index (χ3n) is 15.7. The first kappa shape index (κ1) is 98.4. The van der Waals surface area contributed by atoms with Crippen molar-refractivity contribution in [2.75, 3.05) is 39.6 Å². The SMILES string of the molecule is CC/C=C\C/C=C\C/C=C\C/C=C\C/C=C\CCCC(=O)OCC(COP(=O)(O)OCC(O)COP(=O)(O)OCC(COC(=O)CCCCCCCCC/C=C\C/C=C\C/C=C\CC)OC(=O)CCCCCCC/C=C\C/C=C\C/C=C\CC)OC(=O)CCCCCCC/C=C\C/C=C\C/C=C\CC. The van der Waals surface area contributed by atoms with Gasteiger partial charge in [-0.05, 0) is 161 Å². The normalized spacial score (nSPS) is 14.8. The molecular weight excluding hydrogens is 1350 g/mol. The molecule has 0 rings (SSSR count). The van der Waals surface area contributed by atoms with Crippen molar-refractivity contribution in [3.05, 3.63) is 170 Å².